The van der Waals surface area contributed by atoms with Crippen LogP contribution in [0.25, 0.3) is 5.69 Å². The molecule has 0 aliphatic heterocycles. The first-order valence-corrected chi connectivity index (χ1v) is 11.4. The summed E-state index contributed by atoms with van der Waals surface area (Å²) in [5, 5.41) is 2.71. The predicted molar refractivity (Wildman–Crippen MR) is 116 cm³/mol. The largest absolute Gasteiger partial charge is 0.348 e. The normalized spacial score (nSPS) is 11.6. The summed E-state index contributed by atoms with van der Waals surface area (Å²) in [7, 11) is -3.66. The molecule has 0 aliphatic carbocycles. The van der Waals surface area contributed by atoms with Gasteiger partial charge in [-0.1, -0.05) is 26.0 Å². The minimum Gasteiger partial charge on any atom is -0.348 e. The molecule has 31 heavy (non-hydrogen) atoms. The van der Waals surface area contributed by atoms with Crippen molar-refractivity contribution in [2.45, 2.75) is 32.2 Å². The third kappa shape index (κ3) is 4.83. The molecule has 0 unspecified atom stereocenters. The third-order valence-corrected chi connectivity index (χ3v) is 7.04. The van der Waals surface area contributed by atoms with Crippen molar-refractivity contribution in [2.75, 3.05) is 13.1 Å². The van der Waals surface area contributed by atoms with E-state index < -0.39 is 21.7 Å². The van der Waals surface area contributed by atoms with E-state index in [0.717, 1.165) is 0 Å². The van der Waals surface area contributed by atoms with E-state index in [4.69, 9.17) is 0 Å². The fourth-order valence-electron chi connectivity index (χ4n) is 3.28. The number of nitrogens with one attached hydrogen (secondary N) is 1. The first-order valence-electron chi connectivity index (χ1n) is 9.95. The van der Waals surface area contributed by atoms with E-state index >= 15 is 0 Å². The Labute approximate surface area is 181 Å². The molecule has 7 nitrogen and oxygen atoms in total. The Morgan fingerprint density at radius 2 is 1.90 bits per heavy atom. The van der Waals surface area contributed by atoms with Crippen molar-refractivity contribution in [3.8, 4) is 5.69 Å². The predicted octanol–water partition coefficient (Wildman–Crippen LogP) is 3.28. The molecule has 3 rings (SSSR count). The average molecular weight is 445 g/mol. The first kappa shape index (κ1) is 22.6. The van der Waals surface area contributed by atoms with E-state index in [1.54, 1.807) is 55.9 Å². The number of hydrogen-bond donors (Lipinski definition) is 1. The summed E-state index contributed by atoms with van der Waals surface area (Å²) >= 11 is 0. The van der Waals surface area contributed by atoms with E-state index in [1.165, 1.54) is 28.6 Å². The van der Waals surface area contributed by atoms with Crippen molar-refractivity contribution < 1.29 is 17.6 Å². The molecule has 9 heteroatoms. The van der Waals surface area contributed by atoms with Crippen LogP contribution >= 0.6 is 0 Å². The van der Waals surface area contributed by atoms with Gasteiger partial charge in [-0.3, -0.25) is 4.79 Å². The van der Waals surface area contributed by atoms with Crippen molar-refractivity contribution in [2.24, 2.45) is 0 Å². The molecule has 1 aromatic heterocycles. The molecule has 1 amide bonds. The lowest BCUT2D eigenvalue weighted by molar-refractivity contribution is 0.0950. The molecule has 164 valence electrons. The highest BCUT2D eigenvalue weighted by Gasteiger charge is 2.22. The zero-order valence-corrected chi connectivity index (χ0v) is 18.5. The van der Waals surface area contributed by atoms with Gasteiger partial charge in [0.25, 0.3) is 5.91 Å². The van der Waals surface area contributed by atoms with Crippen LogP contribution in [0.5, 0.6) is 0 Å². The molecule has 0 fully saturated rings. The number of imidazole rings is 1. The van der Waals surface area contributed by atoms with Crippen LogP contribution in [0.1, 0.15) is 35.6 Å². The second-order valence-corrected chi connectivity index (χ2v) is 8.87. The van der Waals surface area contributed by atoms with Gasteiger partial charge in [-0.05, 0) is 42.8 Å². The van der Waals surface area contributed by atoms with Crippen molar-refractivity contribution in [3.63, 3.8) is 0 Å². The SMILES string of the molecule is CCN(CC)S(=O)(=O)c1cccc(C(=O)NCc2ccc(-n3ccnc3C)c(F)c2)c1. The van der Waals surface area contributed by atoms with Gasteiger partial charge in [-0.25, -0.2) is 17.8 Å². The minimum atomic E-state index is -3.66. The molecule has 0 saturated heterocycles. The van der Waals surface area contributed by atoms with Crippen molar-refractivity contribution >= 4 is 15.9 Å². The molecule has 0 bridgehead atoms. The van der Waals surface area contributed by atoms with Crippen LogP contribution in [0.15, 0.2) is 59.8 Å². The van der Waals surface area contributed by atoms with Gasteiger partial charge in [0.15, 0.2) is 0 Å². The second kappa shape index (κ2) is 9.40. The number of hydrogen-bond acceptors (Lipinski definition) is 4. The topological polar surface area (TPSA) is 84.3 Å². The molecule has 2 aromatic carbocycles. The monoisotopic (exact) mass is 444 g/mol. The maximum absolute atomic E-state index is 14.5. The lowest BCUT2D eigenvalue weighted by Gasteiger charge is -2.18. The number of aryl methyl sites for hydroxylation is 1. The summed E-state index contributed by atoms with van der Waals surface area (Å²) in [6.45, 7) is 6.09. The van der Waals surface area contributed by atoms with Crippen molar-refractivity contribution in [3.05, 3.63) is 77.6 Å². The number of amides is 1. The zero-order chi connectivity index (χ0) is 22.6. The number of sulfonamides is 1. The number of rotatable bonds is 8. The van der Waals surface area contributed by atoms with Crippen LogP contribution in [-0.2, 0) is 16.6 Å². The molecule has 0 radical (unpaired) electrons. The van der Waals surface area contributed by atoms with E-state index in [-0.39, 0.29) is 17.0 Å². The molecular formula is C22H25FN4O3S. The van der Waals surface area contributed by atoms with Crippen LogP contribution < -0.4 is 5.32 Å². The molecule has 0 saturated carbocycles. The molecule has 0 spiro atoms. The van der Waals surface area contributed by atoms with E-state index in [1.807, 2.05) is 0 Å². The number of carbonyl (C=O) groups is 1. The van der Waals surface area contributed by atoms with Gasteiger partial charge in [0.05, 0.1) is 10.6 Å². The minimum absolute atomic E-state index is 0.0648. The lowest BCUT2D eigenvalue weighted by atomic mass is 10.1. The smallest absolute Gasteiger partial charge is 0.251 e. The Balaban J connectivity index is 1.73. The Hall–Kier alpha value is -3.04. The summed E-state index contributed by atoms with van der Waals surface area (Å²) in [5.41, 5.74) is 1.18. The van der Waals surface area contributed by atoms with Gasteiger partial charge in [-0.2, -0.15) is 4.31 Å². The van der Waals surface area contributed by atoms with Gasteiger partial charge < -0.3 is 9.88 Å². The van der Waals surface area contributed by atoms with Crippen molar-refractivity contribution in [1.29, 1.82) is 0 Å². The Bertz CT molecular complexity index is 1190. The fourth-order valence-corrected chi connectivity index (χ4v) is 4.79. The highest BCUT2D eigenvalue weighted by Crippen LogP contribution is 2.18. The van der Waals surface area contributed by atoms with Crippen LogP contribution in [0.2, 0.25) is 0 Å². The van der Waals surface area contributed by atoms with Crippen LogP contribution in [-0.4, -0.2) is 41.3 Å². The van der Waals surface area contributed by atoms with Gasteiger partial charge in [-0.15, -0.1) is 0 Å². The molecule has 1 heterocycles. The number of carbonyl (C=O) groups excluding carboxylic acids is 1. The summed E-state index contributed by atoms with van der Waals surface area (Å²) in [6, 6.07) is 10.6. The third-order valence-electron chi connectivity index (χ3n) is 4.99. The Kier molecular flexibility index (Phi) is 6.87. The zero-order valence-electron chi connectivity index (χ0n) is 17.7. The molecule has 1 N–H and O–H groups in total. The van der Waals surface area contributed by atoms with Crippen LogP contribution in [0.3, 0.4) is 0 Å². The first-order chi connectivity index (χ1) is 14.8. The Morgan fingerprint density at radius 3 is 2.52 bits per heavy atom. The summed E-state index contributed by atoms with van der Waals surface area (Å²) in [5.74, 6) is -0.203. The number of aromatic nitrogens is 2. The van der Waals surface area contributed by atoms with Gasteiger partial charge in [0.2, 0.25) is 10.0 Å². The molecule has 0 atom stereocenters. The summed E-state index contributed by atoms with van der Waals surface area (Å²) < 4.78 is 42.9. The summed E-state index contributed by atoms with van der Waals surface area (Å²) in [6.07, 6.45) is 3.27. The maximum Gasteiger partial charge on any atom is 0.251 e. The standard InChI is InChI=1S/C22H25FN4O3S/c1-4-26(5-2)31(29,30)19-8-6-7-18(14-19)22(28)25-15-17-9-10-21(20(23)13-17)27-12-11-24-16(27)3/h6-14H,4-5,15H2,1-3H3,(H,25,28). The fraction of sp³-hybridized carbons (Fsp3) is 0.273. The number of benzene rings is 2. The van der Waals surface area contributed by atoms with Gasteiger partial charge in [0, 0.05) is 37.6 Å². The quantitative estimate of drug-likeness (QED) is 0.578. The second-order valence-electron chi connectivity index (χ2n) is 6.93. The molecule has 3 aromatic rings. The van der Waals surface area contributed by atoms with Crippen LogP contribution in [0, 0.1) is 12.7 Å². The number of nitrogens with zero attached hydrogens (tertiary/aromatic N) is 3. The maximum atomic E-state index is 14.5. The van der Waals surface area contributed by atoms with E-state index in [0.29, 0.717) is 30.2 Å². The highest BCUT2D eigenvalue weighted by molar-refractivity contribution is 7.89. The number of halogens is 1. The van der Waals surface area contributed by atoms with Crippen molar-refractivity contribution in [1.82, 2.24) is 19.2 Å². The Morgan fingerprint density at radius 1 is 1.16 bits per heavy atom. The summed E-state index contributed by atoms with van der Waals surface area (Å²) in [4.78, 5) is 16.7. The van der Waals surface area contributed by atoms with Crippen LogP contribution in [0.4, 0.5) is 4.39 Å². The average Bonchev–Trinajstić information content (AvgIpc) is 3.18. The van der Waals surface area contributed by atoms with Gasteiger partial charge >= 0.3 is 0 Å². The molecular weight excluding hydrogens is 419 g/mol. The highest BCUT2D eigenvalue weighted by atomic mass is 32.2. The molecule has 0 aliphatic rings. The van der Waals surface area contributed by atoms with E-state index in [9.17, 15) is 17.6 Å². The van der Waals surface area contributed by atoms with Gasteiger partial charge in [0.1, 0.15) is 11.6 Å². The van der Waals surface area contributed by atoms with E-state index in [2.05, 4.69) is 10.3 Å². The lowest BCUT2D eigenvalue weighted by Crippen LogP contribution is -2.31.